The maximum atomic E-state index is 12.2. The van der Waals surface area contributed by atoms with Crippen molar-refractivity contribution in [2.24, 2.45) is 5.10 Å². The lowest BCUT2D eigenvalue weighted by Crippen LogP contribution is -2.33. The van der Waals surface area contributed by atoms with Gasteiger partial charge in [0.25, 0.3) is 17.5 Å². The molecule has 0 aromatic heterocycles. The lowest BCUT2D eigenvalue weighted by molar-refractivity contribution is -0.384. The van der Waals surface area contributed by atoms with Crippen molar-refractivity contribution in [1.82, 2.24) is 5.32 Å². The number of nitrogens with zero attached hydrogens (tertiary/aromatic N) is 3. The third kappa shape index (κ3) is 4.94. The third-order valence-electron chi connectivity index (χ3n) is 3.67. The molecular weight excluding hydrogens is 447 g/mol. The average Bonchev–Trinajstić information content (AvgIpc) is 2.99. The van der Waals surface area contributed by atoms with E-state index in [1.54, 1.807) is 0 Å². The molecular formula is C17H11Cl3N4O5. The highest BCUT2D eigenvalue weighted by Gasteiger charge is 2.29. The van der Waals surface area contributed by atoms with Gasteiger partial charge < -0.3 is 10.1 Å². The van der Waals surface area contributed by atoms with E-state index in [0.29, 0.717) is 5.02 Å². The Kier molecular flexibility index (Phi) is 6.21. The highest BCUT2D eigenvalue weighted by Crippen LogP contribution is 2.38. The monoisotopic (exact) mass is 456 g/mol. The van der Waals surface area contributed by atoms with Crippen LogP contribution >= 0.6 is 34.8 Å². The van der Waals surface area contributed by atoms with Crippen LogP contribution in [0.3, 0.4) is 0 Å². The van der Waals surface area contributed by atoms with Crippen molar-refractivity contribution in [2.75, 3.05) is 11.6 Å². The number of carbonyl (C=O) groups is 2. The van der Waals surface area contributed by atoms with Crippen molar-refractivity contribution >= 4 is 63.8 Å². The zero-order valence-corrected chi connectivity index (χ0v) is 16.7. The van der Waals surface area contributed by atoms with E-state index in [1.807, 2.05) is 0 Å². The largest absolute Gasteiger partial charge is 0.484 e. The number of benzene rings is 2. The van der Waals surface area contributed by atoms with Gasteiger partial charge in [0.1, 0.15) is 17.3 Å². The number of amides is 2. The zero-order chi connectivity index (χ0) is 21.1. The summed E-state index contributed by atoms with van der Waals surface area (Å²) in [6.45, 7) is -0.381. The summed E-state index contributed by atoms with van der Waals surface area (Å²) in [7, 11) is 0. The van der Waals surface area contributed by atoms with Gasteiger partial charge in [0, 0.05) is 17.2 Å². The number of nitrogens with one attached hydrogen (secondary N) is 1. The van der Waals surface area contributed by atoms with E-state index in [-0.39, 0.29) is 46.0 Å². The summed E-state index contributed by atoms with van der Waals surface area (Å²) < 4.78 is 5.26. The maximum absolute atomic E-state index is 12.2. The van der Waals surface area contributed by atoms with Gasteiger partial charge in [0.2, 0.25) is 0 Å². The molecule has 0 unspecified atom stereocenters. The molecule has 0 bridgehead atoms. The van der Waals surface area contributed by atoms with E-state index in [0.717, 1.165) is 5.01 Å². The fourth-order valence-corrected chi connectivity index (χ4v) is 3.40. The number of rotatable bonds is 5. The molecule has 1 heterocycles. The lowest BCUT2D eigenvalue weighted by Gasteiger charge is -2.15. The Balaban J connectivity index is 1.63. The van der Waals surface area contributed by atoms with E-state index >= 15 is 0 Å². The number of halogens is 3. The summed E-state index contributed by atoms with van der Waals surface area (Å²) >= 11 is 18.1. The minimum atomic E-state index is -0.565. The molecule has 150 valence electrons. The van der Waals surface area contributed by atoms with Gasteiger partial charge in [-0.05, 0) is 24.3 Å². The van der Waals surface area contributed by atoms with Crippen LogP contribution in [0.25, 0.3) is 0 Å². The number of ether oxygens (including phenoxy) is 1. The molecule has 0 fully saturated rings. The molecule has 1 N–H and O–H groups in total. The Morgan fingerprint density at radius 1 is 1.21 bits per heavy atom. The standard InChI is InChI=1S/C17H11Cl3N4O5/c18-9-5-12(19)17(13(20)6-9)23-16(26)7-14(22-23)21-15(25)8-29-11-3-1-10(2-4-11)24(27)28/h1-6H,7-8H2,(H,21,22,25). The van der Waals surface area contributed by atoms with Crippen molar-refractivity contribution < 1.29 is 19.2 Å². The van der Waals surface area contributed by atoms with Gasteiger partial charge >= 0.3 is 0 Å². The van der Waals surface area contributed by atoms with Crippen molar-refractivity contribution in [3.63, 3.8) is 0 Å². The van der Waals surface area contributed by atoms with E-state index in [2.05, 4.69) is 10.4 Å². The summed E-state index contributed by atoms with van der Waals surface area (Å²) in [4.78, 5) is 34.4. The normalized spacial score (nSPS) is 13.3. The summed E-state index contributed by atoms with van der Waals surface area (Å²) in [6.07, 6.45) is -0.168. The molecule has 0 saturated heterocycles. The molecule has 1 aliphatic rings. The molecule has 0 aliphatic carbocycles. The highest BCUT2D eigenvalue weighted by atomic mass is 35.5. The predicted molar refractivity (Wildman–Crippen MR) is 108 cm³/mol. The number of nitro benzene ring substituents is 1. The van der Waals surface area contributed by atoms with Crippen molar-refractivity contribution in [3.8, 4) is 5.75 Å². The quantitative estimate of drug-likeness (QED) is 0.542. The Bertz CT molecular complexity index is 1000. The lowest BCUT2D eigenvalue weighted by atomic mass is 10.3. The van der Waals surface area contributed by atoms with Crippen LogP contribution in [0.4, 0.5) is 11.4 Å². The molecule has 1 aliphatic heterocycles. The van der Waals surface area contributed by atoms with Gasteiger partial charge in [-0.15, -0.1) is 0 Å². The maximum Gasteiger partial charge on any atom is 0.269 e. The van der Waals surface area contributed by atoms with E-state index in [9.17, 15) is 19.7 Å². The Hall–Kier alpha value is -2.88. The van der Waals surface area contributed by atoms with Crippen LogP contribution in [-0.2, 0) is 9.59 Å². The number of non-ortho nitro benzene ring substituents is 1. The average molecular weight is 458 g/mol. The Morgan fingerprint density at radius 2 is 1.83 bits per heavy atom. The van der Waals surface area contributed by atoms with Crippen LogP contribution in [0.15, 0.2) is 41.5 Å². The topological polar surface area (TPSA) is 114 Å². The van der Waals surface area contributed by atoms with Crippen molar-refractivity contribution in [1.29, 1.82) is 0 Å². The van der Waals surface area contributed by atoms with Gasteiger partial charge in [-0.3, -0.25) is 19.7 Å². The first-order valence-electron chi connectivity index (χ1n) is 7.96. The van der Waals surface area contributed by atoms with Crippen LogP contribution in [-0.4, -0.2) is 29.2 Å². The molecule has 29 heavy (non-hydrogen) atoms. The number of hydrazone groups is 1. The molecule has 0 saturated carbocycles. The fraction of sp³-hybridized carbons (Fsp3) is 0.118. The molecule has 2 aromatic carbocycles. The number of amidine groups is 1. The first-order chi connectivity index (χ1) is 13.7. The molecule has 0 atom stereocenters. The van der Waals surface area contributed by atoms with Crippen LogP contribution in [0.5, 0.6) is 5.75 Å². The fourth-order valence-electron chi connectivity index (χ4n) is 2.42. The van der Waals surface area contributed by atoms with Crippen LogP contribution in [0.2, 0.25) is 15.1 Å². The Morgan fingerprint density at radius 3 is 2.41 bits per heavy atom. The summed E-state index contributed by atoms with van der Waals surface area (Å²) in [6, 6.07) is 8.08. The highest BCUT2D eigenvalue weighted by molar-refractivity contribution is 6.42. The van der Waals surface area contributed by atoms with Crippen LogP contribution in [0, 0.1) is 10.1 Å². The van der Waals surface area contributed by atoms with E-state index < -0.39 is 16.7 Å². The number of hydrogen-bond acceptors (Lipinski definition) is 6. The SMILES string of the molecule is O=C(COc1ccc([N+](=O)[O-])cc1)NC1=NN(c2c(Cl)cc(Cl)cc2Cl)C(=O)C1. The van der Waals surface area contributed by atoms with E-state index in [4.69, 9.17) is 39.5 Å². The van der Waals surface area contributed by atoms with Gasteiger partial charge in [-0.1, -0.05) is 34.8 Å². The molecule has 9 nitrogen and oxygen atoms in total. The van der Waals surface area contributed by atoms with Crippen molar-refractivity contribution in [2.45, 2.75) is 6.42 Å². The second kappa shape index (κ2) is 8.64. The molecule has 2 amide bonds. The molecule has 2 aromatic rings. The van der Waals surface area contributed by atoms with Crippen LogP contribution in [0.1, 0.15) is 6.42 Å². The summed E-state index contributed by atoms with van der Waals surface area (Å²) in [5.74, 6) is -0.640. The van der Waals surface area contributed by atoms with Crippen LogP contribution < -0.4 is 15.1 Å². The smallest absolute Gasteiger partial charge is 0.269 e. The minimum absolute atomic E-state index is 0.0920. The molecule has 3 rings (SSSR count). The number of hydrogen-bond donors (Lipinski definition) is 1. The summed E-state index contributed by atoms with van der Waals surface area (Å²) in [5.41, 5.74) is 0.0642. The van der Waals surface area contributed by atoms with E-state index in [1.165, 1.54) is 36.4 Å². The molecule has 12 heteroatoms. The first-order valence-corrected chi connectivity index (χ1v) is 9.10. The minimum Gasteiger partial charge on any atom is -0.484 e. The Labute approximate surface area is 178 Å². The zero-order valence-electron chi connectivity index (χ0n) is 14.4. The van der Waals surface area contributed by atoms with Crippen molar-refractivity contribution in [3.05, 3.63) is 61.6 Å². The predicted octanol–water partition coefficient (Wildman–Crippen LogP) is 3.80. The number of carbonyl (C=O) groups excluding carboxylic acids is 2. The van der Waals surface area contributed by atoms with Gasteiger partial charge in [0.05, 0.1) is 21.4 Å². The van der Waals surface area contributed by atoms with Gasteiger partial charge in [-0.25, -0.2) is 0 Å². The van der Waals surface area contributed by atoms with Gasteiger partial charge in [-0.2, -0.15) is 10.1 Å². The number of anilines is 1. The second-order valence-corrected chi connectivity index (χ2v) is 6.99. The second-order valence-electron chi connectivity index (χ2n) is 5.73. The molecule has 0 spiro atoms. The van der Waals surface area contributed by atoms with Gasteiger partial charge in [0.15, 0.2) is 6.61 Å². The third-order valence-corrected chi connectivity index (χ3v) is 4.46. The first kappa shape index (κ1) is 20.8. The summed E-state index contributed by atoms with van der Waals surface area (Å²) in [5, 5.41) is 18.7. The molecule has 0 radical (unpaired) electrons. The number of nitro groups is 1.